The second kappa shape index (κ2) is 6.03. The van der Waals surface area contributed by atoms with Gasteiger partial charge in [-0.25, -0.2) is 4.79 Å². The third-order valence-corrected chi connectivity index (χ3v) is 3.98. The predicted molar refractivity (Wildman–Crippen MR) is 77.4 cm³/mol. The molecular weight excluding hydrogens is 263 g/mol. The molecular formula is C14H13O2PS. The molecule has 92 valence electrons. The Morgan fingerprint density at radius 3 is 1.94 bits per heavy atom. The number of benzene rings is 2. The van der Waals surface area contributed by atoms with Crippen LogP contribution in [0.25, 0.3) is 0 Å². The van der Waals surface area contributed by atoms with Crippen LogP contribution in [-0.2, 0) is 6.16 Å². The molecule has 1 atom stereocenters. The molecule has 2 aromatic carbocycles. The maximum absolute atomic E-state index is 10.7. The van der Waals surface area contributed by atoms with Gasteiger partial charge in [0, 0.05) is 9.79 Å². The minimum Gasteiger partial charge on any atom is -0.478 e. The first kappa shape index (κ1) is 13.1. The maximum atomic E-state index is 10.7. The molecule has 0 fully saturated rings. The van der Waals surface area contributed by atoms with Crippen LogP contribution in [0.5, 0.6) is 0 Å². The van der Waals surface area contributed by atoms with E-state index < -0.39 is 5.97 Å². The van der Waals surface area contributed by atoms with Crippen molar-refractivity contribution >= 4 is 27.0 Å². The molecule has 0 saturated carbocycles. The predicted octanol–water partition coefficient (Wildman–Crippen LogP) is 3.91. The summed E-state index contributed by atoms with van der Waals surface area (Å²) >= 11 is 1.63. The lowest BCUT2D eigenvalue weighted by Gasteiger charge is -2.03. The zero-order chi connectivity index (χ0) is 13.0. The van der Waals surface area contributed by atoms with E-state index in [9.17, 15) is 4.79 Å². The van der Waals surface area contributed by atoms with E-state index in [2.05, 4.69) is 33.5 Å². The highest BCUT2D eigenvalue weighted by molar-refractivity contribution is 7.99. The van der Waals surface area contributed by atoms with E-state index in [1.807, 2.05) is 12.1 Å². The summed E-state index contributed by atoms with van der Waals surface area (Å²) < 4.78 is 0. The second-order valence-corrected chi connectivity index (χ2v) is 5.33. The quantitative estimate of drug-likeness (QED) is 0.860. The standard InChI is InChI=1S/C14H13O2PS/c15-14(16)11-3-7-13(8-4-11)18-12-5-1-10(9-17)2-6-12/h1-8H,9,17H2,(H,15,16). The van der Waals surface area contributed by atoms with Gasteiger partial charge in [0.1, 0.15) is 0 Å². The largest absolute Gasteiger partial charge is 0.478 e. The van der Waals surface area contributed by atoms with Crippen LogP contribution in [0, 0.1) is 0 Å². The lowest BCUT2D eigenvalue weighted by molar-refractivity contribution is 0.0697. The molecule has 1 unspecified atom stereocenters. The van der Waals surface area contributed by atoms with Crippen LogP contribution in [0.1, 0.15) is 15.9 Å². The Kier molecular flexibility index (Phi) is 4.40. The van der Waals surface area contributed by atoms with Crippen molar-refractivity contribution in [2.45, 2.75) is 16.0 Å². The maximum Gasteiger partial charge on any atom is 0.335 e. The number of aromatic carboxylic acids is 1. The minimum absolute atomic E-state index is 0.317. The Morgan fingerprint density at radius 1 is 1.00 bits per heavy atom. The third-order valence-electron chi connectivity index (χ3n) is 2.50. The molecule has 0 heterocycles. The van der Waals surface area contributed by atoms with Crippen molar-refractivity contribution in [1.82, 2.24) is 0 Å². The van der Waals surface area contributed by atoms with Crippen LogP contribution in [0.4, 0.5) is 0 Å². The van der Waals surface area contributed by atoms with Gasteiger partial charge in [-0.05, 0) is 48.1 Å². The van der Waals surface area contributed by atoms with Crippen LogP contribution in [-0.4, -0.2) is 11.1 Å². The molecule has 0 saturated heterocycles. The fraction of sp³-hybridized carbons (Fsp3) is 0.0714. The van der Waals surface area contributed by atoms with E-state index in [1.54, 1.807) is 23.9 Å². The Labute approximate surface area is 113 Å². The molecule has 0 bridgehead atoms. The molecule has 0 aliphatic carbocycles. The number of carbonyl (C=O) groups is 1. The first-order chi connectivity index (χ1) is 8.69. The van der Waals surface area contributed by atoms with Gasteiger partial charge < -0.3 is 5.11 Å². The molecule has 0 spiro atoms. The lowest BCUT2D eigenvalue weighted by atomic mass is 10.2. The summed E-state index contributed by atoms with van der Waals surface area (Å²) in [4.78, 5) is 12.9. The van der Waals surface area contributed by atoms with Crippen molar-refractivity contribution in [3.63, 3.8) is 0 Å². The molecule has 2 aromatic rings. The zero-order valence-electron chi connectivity index (χ0n) is 9.67. The highest BCUT2D eigenvalue weighted by atomic mass is 32.2. The Bertz CT molecular complexity index is 535. The van der Waals surface area contributed by atoms with Crippen LogP contribution in [0.2, 0.25) is 0 Å². The van der Waals surface area contributed by atoms with Crippen LogP contribution < -0.4 is 0 Å². The lowest BCUT2D eigenvalue weighted by Crippen LogP contribution is -1.94. The molecule has 0 radical (unpaired) electrons. The van der Waals surface area contributed by atoms with Crippen molar-refractivity contribution in [1.29, 1.82) is 0 Å². The number of carboxylic acid groups (broad SMARTS) is 1. The minimum atomic E-state index is -0.892. The summed E-state index contributed by atoms with van der Waals surface area (Å²) in [7, 11) is 2.70. The summed E-state index contributed by atoms with van der Waals surface area (Å²) in [5.41, 5.74) is 1.60. The van der Waals surface area contributed by atoms with Gasteiger partial charge in [-0.2, -0.15) is 0 Å². The second-order valence-electron chi connectivity index (χ2n) is 3.78. The van der Waals surface area contributed by atoms with Crippen molar-refractivity contribution < 1.29 is 9.90 Å². The van der Waals surface area contributed by atoms with Gasteiger partial charge in [0.05, 0.1) is 5.56 Å². The highest BCUT2D eigenvalue weighted by Crippen LogP contribution is 2.28. The van der Waals surface area contributed by atoms with Crippen LogP contribution >= 0.6 is 21.0 Å². The summed E-state index contributed by atoms with van der Waals surface area (Å²) in [5, 5.41) is 8.81. The molecule has 0 amide bonds. The molecule has 0 aromatic heterocycles. The summed E-state index contributed by atoms with van der Waals surface area (Å²) in [6.07, 6.45) is 0.957. The van der Waals surface area contributed by atoms with Crippen molar-refractivity contribution in [3.05, 3.63) is 59.7 Å². The summed E-state index contributed by atoms with van der Waals surface area (Å²) in [6, 6.07) is 15.3. The van der Waals surface area contributed by atoms with Crippen molar-refractivity contribution in [2.75, 3.05) is 0 Å². The molecule has 4 heteroatoms. The van der Waals surface area contributed by atoms with E-state index >= 15 is 0 Å². The number of hydrogen-bond acceptors (Lipinski definition) is 2. The first-order valence-corrected chi connectivity index (χ1v) is 7.12. The smallest absolute Gasteiger partial charge is 0.335 e. The average molecular weight is 276 g/mol. The number of hydrogen-bond donors (Lipinski definition) is 1. The van der Waals surface area contributed by atoms with Crippen LogP contribution in [0.3, 0.4) is 0 Å². The zero-order valence-corrected chi connectivity index (χ0v) is 11.6. The molecule has 1 N–H and O–H groups in total. The van der Waals surface area contributed by atoms with E-state index in [0.29, 0.717) is 5.56 Å². The van der Waals surface area contributed by atoms with Gasteiger partial charge in [0.2, 0.25) is 0 Å². The van der Waals surface area contributed by atoms with E-state index in [1.165, 1.54) is 5.56 Å². The van der Waals surface area contributed by atoms with E-state index in [0.717, 1.165) is 16.0 Å². The Balaban J connectivity index is 2.10. The van der Waals surface area contributed by atoms with Gasteiger partial charge >= 0.3 is 5.97 Å². The SMILES string of the molecule is O=C(O)c1ccc(Sc2ccc(CP)cc2)cc1. The molecule has 0 aliphatic rings. The molecule has 2 rings (SSSR count). The van der Waals surface area contributed by atoms with Gasteiger partial charge in [0.25, 0.3) is 0 Å². The van der Waals surface area contributed by atoms with E-state index in [-0.39, 0.29) is 0 Å². The van der Waals surface area contributed by atoms with Crippen molar-refractivity contribution in [2.24, 2.45) is 0 Å². The number of rotatable bonds is 4. The summed E-state index contributed by atoms with van der Waals surface area (Å²) in [5.74, 6) is -0.892. The first-order valence-electron chi connectivity index (χ1n) is 5.49. The van der Waals surface area contributed by atoms with Gasteiger partial charge in [-0.15, -0.1) is 9.24 Å². The normalized spacial score (nSPS) is 10.3. The molecule has 0 aliphatic heterocycles. The molecule has 18 heavy (non-hydrogen) atoms. The fourth-order valence-electron chi connectivity index (χ4n) is 1.50. The Morgan fingerprint density at radius 2 is 1.50 bits per heavy atom. The third kappa shape index (κ3) is 3.34. The van der Waals surface area contributed by atoms with Gasteiger partial charge in [-0.3, -0.25) is 0 Å². The Hall–Kier alpha value is -1.31. The monoisotopic (exact) mass is 276 g/mol. The van der Waals surface area contributed by atoms with Crippen molar-refractivity contribution in [3.8, 4) is 0 Å². The highest BCUT2D eigenvalue weighted by Gasteiger charge is 2.02. The fourth-order valence-corrected chi connectivity index (χ4v) is 2.58. The topological polar surface area (TPSA) is 37.3 Å². The average Bonchev–Trinajstić information content (AvgIpc) is 2.40. The van der Waals surface area contributed by atoms with E-state index in [4.69, 9.17) is 5.11 Å². The number of carboxylic acids is 1. The summed E-state index contributed by atoms with van der Waals surface area (Å²) in [6.45, 7) is 0. The molecule has 2 nitrogen and oxygen atoms in total. The van der Waals surface area contributed by atoms with Gasteiger partial charge in [-0.1, -0.05) is 23.9 Å². The van der Waals surface area contributed by atoms with Crippen LogP contribution in [0.15, 0.2) is 58.3 Å². The van der Waals surface area contributed by atoms with Gasteiger partial charge in [0.15, 0.2) is 0 Å².